The van der Waals surface area contributed by atoms with Crippen LogP contribution in [0.1, 0.15) is 50.2 Å². The SMILES string of the molecule is CCOC(=O)c1c(C)[nH]c(C(=O)NCc2ccc(CS(=O)(=O)NC)cc2)c1C. The highest BCUT2D eigenvalue weighted by Crippen LogP contribution is 2.19. The smallest absolute Gasteiger partial charge is 0.340 e. The van der Waals surface area contributed by atoms with Crippen LogP contribution in [0.5, 0.6) is 0 Å². The van der Waals surface area contributed by atoms with Gasteiger partial charge in [-0.25, -0.2) is 17.9 Å². The standard InChI is InChI=1S/C19H25N3O5S/c1-5-27-19(24)16-12(2)17(22-13(16)3)18(23)21-10-14-6-8-15(9-7-14)11-28(25,26)20-4/h6-9,20,22H,5,10-11H2,1-4H3,(H,21,23). The predicted molar refractivity (Wildman–Crippen MR) is 106 cm³/mol. The van der Waals surface area contributed by atoms with Crippen molar-refractivity contribution in [3.8, 4) is 0 Å². The van der Waals surface area contributed by atoms with Gasteiger partial charge in [0.05, 0.1) is 17.9 Å². The third kappa shape index (κ3) is 5.20. The van der Waals surface area contributed by atoms with E-state index in [2.05, 4.69) is 15.0 Å². The summed E-state index contributed by atoms with van der Waals surface area (Å²) in [5.74, 6) is -0.897. The van der Waals surface area contributed by atoms with Crippen molar-refractivity contribution in [2.24, 2.45) is 0 Å². The Morgan fingerprint density at radius 3 is 2.29 bits per heavy atom. The van der Waals surface area contributed by atoms with Gasteiger partial charge in [0.1, 0.15) is 5.69 Å². The Hall–Kier alpha value is -2.65. The maximum atomic E-state index is 12.5. The molecule has 0 fully saturated rings. The Bertz CT molecular complexity index is 962. The molecule has 0 spiro atoms. The average molecular weight is 407 g/mol. The van der Waals surface area contributed by atoms with Crippen LogP contribution in [0.2, 0.25) is 0 Å². The summed E-state index contributed by atoms with van der Waals surface area (Å²) in [6, 6.07) is 6.94. The first kappa shape index (κ1) is 21.6. The molecule has 0 aliphatic carbocycles. The lowest BCUT2D eigenvalue weighted by molar-refractivity contribution is 0.0525. The van der Waals surface area contributed by atoms with Crippen LogP contribution in [-0.4, -0.2) is 38.9 Å². The van der Waals surface area contributed by atoms with Crippen LogP contribution in [0.25, 0.3) is 0 Å². The van der Waals surface area contributed by atoms with E-state index in [0.29, 0.717) is 28.1 Å². The Kier molecular flexibility index (Phi) is 6.98. The summed E-state index contributed by atoms with van der Waals surface area (Å²) in [4.78, 5) is 27.5. The van der Waals surface area contributed by atoms with Gasteiger partial charge in [0.2, 0.25) is 10.0 Å². The van der Waals surface area contributed by atoms with Gasteiger partial charge in [0.25, 0.3) is 5.91 Å². The second-order valence-electron chi connectivity index (χ2n) is 6.31. The third-order valence-corrected chi connectivity index (χ3v) is 5.62. The van der Waals surface area contributed by atoms with Gasteiger partial charge in [-0.3, -0.25) is 4.79 Å². The second kappa shape index (κ2) is 9.03. The zero-order chi connectivity index (χ0) is 20.9. The zero-order valence-electron chi connectivity index (χ0n) is 16.4. The number of carbonyl (C=O) groups is 2. The van der Waals surface area contributed by atoms with Gasteiger partial charge in [-0.05, 0) is 44.5 Å². The first-order valence-electron chi connectivity index (χ1n) is 8.82. The number of carbonyl (C=O) groups excluding carboxylic acids is 2. The van der Waals surface area contributed by atoms with Gasteiger partial charge >= 0.3 is 5.97 Å². The summed E-state index contributed by atoms with van der Waals surface area (Å²) in [6.07, 6.45) is 0. The molecule has 0 aliphatic rings. The molecule has 0 radical (unpaired) electrons. The fourth-order valence-corrected chi connectivity index (χ4v) is 3.58. The van der Waals surface area contributed by atoms with Crippen molar-refractivity contribution < 1.29 is 22.7 Å². The van der Waals surface area contributed by atoms with Crippen molar-refractivity contribution in [1.29, 1.82) is 0 Å². The molecule has 8 nitrogen and oxygen atoms in total. The van der Waals surface area contributed by atoms with E-state index in [9.17, 15) is 18.0 Å². The highest BCUT2D eigenvalue weighted by Gasteiger charge is 2.22. The summed E-state index contributed by atoms with van der Waals surface area (Å²) in [7, 11) is -1.95. The number of esters is 1. The van der Waals surface area contributed by atoms with Crippen LogP contribution in [0, 0.1) is 13.8 Å². The topological polar surface area (TPSA) is 117 Å². The molecule has 3 N–H and O–H groups in total. The molecular formula is C19H25N3O5S. The molecule has 0 unspecified atom stereocenters. The largest absolute Gasteiger partial charge is 0.462 e. The van der Waals surface area contributed by atoms with E-state index in [-0.39, 0.29) is 24.8 Å². The summed E-state index contributed by atoms with van der Waals surface area (Å²) in [6.45, 7) is 5.66. The van der Waals surface area contributed by atoms with Crippen LogP contribution in [0.4, 0.5) is 0 Å². The Morgan fingerprint density at radius 1 is 1.11 bits per heavy atom. The van der Waals surface area contributed by atoms with E-state index >= 15 is 0 Å². The van der Waals surface area contributed by atoms with Gasteiger partial charge in [0.15, 0.2) is 0 Å². The molecule has 0 aliphatic heterocycles. The van der Waals surface area contributed by atoms with Crippen LogP contribution in [0.3, 0.4) is 0 Å². The van der Waals surface area contributed by atoms with E-state index < -0.39 is 16.0 Å². The quantitative estimate of drug-likeness (QED) is 0.577. The number of benzene rings is 1. The van der Waals surface area contributed by atoms with Crippen molar-refractivity contribution in [3.05, 3.63) is 57.9 Å². The third-order valence-electron chi connectivity index (χ3n) is 4.29. The normalized spacial score (nSPS) is 11.3. The van der Waals surface area contributed by atoms with Gasteiger partial charge in [-0.2, -0.15) is 0 Å². The van der Waals surface area contributed by atoms with E-state index in [1.54, 1.807) is 45.0 Å². The minimum atomic E-state index is -3.33. The lowest BCUT2D eigenvalue weighted by Crippen LogP contribution is -2.24. The molecule has 0 saturated heterocycles. The van der Waals surface area contributed by atoms with E-state index in [1.807, 2.05) is 0 Å². The first-order valence-corrected chi connectivity index (χ1v) is 10.5. The number of hydrogen-bond acceptors (Lipinski definition) is 5. The molecular weight excluding hydrogens is 382 g/mol. The Morgan fingerprint density at radius 2 is 1.71 bits per heavy atom. The van der Waals surface area contributed by atoms with Crippen molar-refractivity contribution in [2.75, 3.05) is 13.7 Å². The monoisotopic (exact) mass is 407 g/mol. The average Bonchev–Trinajstić information content (AvgIpc) is 2.95. The van der Waals surface area contributed by atoms with Crippen molar-refractivity contribution in [3.63, 3.8) is 0 Å². The molecule has 1 aromatic carbocycles. The summed E-state index contributed by atoms with van der Waals surface area (Å²) >= 11 is 0. The number of amides is 1. The molecule has 0 saturated carbocycles. The Balaban J connectivity index is 2.05. The number of H-pyrrole nitrogens is 1. The Labute approximate surface area is 164 Å². The molecule has 152 valence electrons. The predicted octanol–water partition coefficient (Wildman–Crippen LogP) is 1.79. The van der Waals surface area contributed by atoms with Crippen molar-refractivity contribution in [1.82, 2.24) is 15.0 Å². The number of sulfonamides is 1. The molecule has 28 heavy (non-hydrogen) atoms. The van der Waals surface area contributed by atoms with Gasteiger partial charge < -0.3 is 15.0 Å². The van der Waals surface area contributed by atoms with Gasteiger partial charge in [-0.1, -0.05) is 24.3 Å². The molecule has 0 bridgehead atoms. The van der Waals surface area contributed by atoms with E-state index in [1.165, 1.54) is 7.05 Å². The number of aryl methyl sites for hydroxylation is 1. The highest BCUT2D eigenvalue weighted by molar-refractivity contribution is 7.88. The molecule has 2 aromatic rings. The van der Waals surface area contributed by atoms with Crippen LogP contribution in [0.15, 0.2) is 24.3 Å². The number of hydrogen-bond donors (Lipinski definition) is 3. The number of aromatic amines is 1. The lowest BCUT2D eigenvalue weighted by Gasteiger charge is -2.07. The molecule has 1 amide bonds. The highest BCUT2D eigenvalue weighted by atomic mass is 32.2. The van der Waals surface area contributed by atoms with Crippen LogP contribution in [-0.2, 0) is 27.1 Å². The number of nitrogens with one attached hydrogen (secondary N) is 3. The summed E-state index contributed by atoms with van der Waals surface area (Å²) in [5, 5.41) is 2.79. The van der Waals surface area contributed by atoms with E-state index in [4.69, 9.17) is 4.74 Å². The minimum absolute atomic E-state index is 0.103. The molecule has 1 aromatic heterocycles. The fraction of sp³-hybridized carbons (Fsp3) is 0.368. The minimum Gasteiger partial charge on any atom is -0.462 e. The fourth-order valence-electron chi connectivity index (χ4n) is 2.80. The number of aromatic nitrogens is 1. The van der Waals surface area contributed by atoms with Crippen molar-refractivity contribution in [2.45, 2.75) is 33.1 Å². The molecule has 9 heteroatoms. The zero-order valence-corrected chi connectivity index (χ0v) is 17.2. The number of rotatable bonds is 8. The van der Waals surface area contributed by atoms with Crippen LogP contribution < -0.4 is 10.0 Å². The maximum absolute atomic E-state index is 12.5. The molecule has 0 atom stereocenters. The van der Waals surface area contributed by atoms with Gasteiger partial charge in [-0.15, -0.1) is 0 Å². The van der Waals surface area contributed by atoms with E-state index in [0.717, 1.165) is 5.56 Å². The number of ether oxygens (including phenoxy) is 1. The summed E-state index contributed by atoms with van der Waals surface area (Å²) in [5.41, 5.74) is 3.29. The molecule has 1 heterocycles. The second-order valence-corrected chi connectivity index (χ2v) is 8.23. The maximum Gasteiger partial charge on any atom is 0.340 e. The van der Waals surface area contributed by atoms with Gasteiger partial charge in [0, 0.05) is 12.2 Å². The lowest BCUT2D eigenvalue weighted by atomic mass is 10.1. The molecule has 2 rings (SSSR count). The van der Waals surface area contributed by atoms with Crippen LogP contribution >= 0.6 is 0 Å². The summed E-state index contributed by atoms with van der Waals surface area (Å²) < 4.78 is 30.4. The van der Waals surface area contributed by atoms with Crippen molar-refractivity contribution >= 4 is 21.9 Å². The first-order chi connectivity index (χ1) is 13.2.